The number of rotatable bonds is 3. The lowest BCUT2D eigenvalue weighted by molar-refractivity contribution is 0.208. The third-order valence-electron chi connectivity index (χ3n) is 2.37. The molecule has 16 heavy (non-hydrogen) atoms. The van der Waals surface area contributed by atoms with E-state index in [1.165, 1.54) is 31.8 Å². The van der Waals surface area contributed by atoms with Gasteiger partial charge in [-0.25, -0.2) is 4.39 Å². The summed E-state index contributed by atoms with van der Waals surface area (Å²) in [6.07, 6.45) is 1.71. The zero-order chi connectivity index (χ0) is 11.5. The highest BCUT2D eigenvalue weighted by atomic mass is 19.1. The maximum atomic E-state index is 13.6. The molecule has 0 spiro atoms. The van der Waals surface area contributed by atoms with Gasteiger partial charge in [-0.05, 0) is 18.2 Å². The third kappa shape index (κ3) is 1.79. The van der Waals surface area contributed by atoms with Gasteiger partial charge in [-0.1, -0.05) is 6.07 Å². The predicted octanol–water partition coefficient (Wildman–Crippen LogP) is 2.51. The van der Waals surface area contributed by atoms with Crippen molar-refractivity contribution in [3.05, 3.63) is 53.7 Å². The number of aliphatic hydroxyl groups excluding tert-OH is 1. The van der Waals surface area contributed by atoms with Crippen molar-refractivity contribution in [3.8, 4) is 5.75 Å². The van der Waals surface area contributed by atoms with Gasteiger partial charge in [0.15, 0.2) is 0 Å². The molecule has 2 rings (SSSR count). The Bertz CT molecular complexity index is 465. The average molecular weight is 222 g/mol. The highest BCUT2D eigenvalue weighted by Crippen LogP contribution is 2.32. The van der Waals surface area contributed by atoms with E-state index in [4.69, 9.17) is 9.15 Å². The quantitative estimate of drug-likeness (QED) is 0.867. The van der Waals surface area contributed by atoms with Crippen LogP contribution in [0, 0.1) is 5.82 Å². The molecule has 1 heterocycles. The molecule has 1 unspecified atom stereocenters. The molecule has 2 aromatic rings. The molecule has 0 aliphatic heterocycles. The number of benzene rings is 1. The van der Waals surface area contributed by atoms with Gasteiger partial charge in [-0.15, -0.1) is 0 Å². The number of methoxy groups -OCH3 is 1. The molecule has 1 aromatic heterocycles. The molecule has 0 aliphatic rings. The first kappa shape index (κ1) is 10.7. The van der Waals surface area contributed by atoms with E-state index in [-0.39, 0.29) is 5.56 Å². The second-order valence-corrected chi connectivity index (χ2v) is 3.31. The van der Waals surface area contributed by atoms with Crippen LogP contribution in [0.2, 0.25) is 0 Å². The van der Waals surface area contributed by atoms with Crippen molar-refractivity contribution in [3.63, 3.8) is 0 Å². The first-order chi connectivity index (χ1) is 7.74. The lowest BCUT2D eigenvalue weighted by atomic mass is 10.0. The van der Waals surface area contributed by atoms with E-state index in [9.17, 15) is 9.50 Å². The van der Waals surface area contributed by atoms with E-state index in [1.54, 1.807) is 12.1 Å². The number of hydrogen-bond donors (Lipinski definition) is 1. The van der Waals surface area contributed by atoms with Crippen LogP contribution in [0.15, 0.2) is 41.2 Å². The second kappa shape index (κ2) is 4.37. The van der Waals surface area contributed by atoms with Crippen molar-refractivity contribution >= 4 is 0 Å². The molecule has 0 amide bonds. The van der Waals surface area contributed by atoms with Gasteiger partial charge in [0.1, 0.15) is 17.7 Å². The molecule has 4 heteroatoms. The normalized spacial score (nSPS) is 12.4. The van der Waals surface area contributed by atoms with Gasteiger partial charge in [0.2, 0.25) is 0 Å². The minimum Gasteiger partial charge on any atom is -0.496 e. The Morgan fingerprint density at radius 3 is 2.81 bits per heavy atom. The zero-order valence-corrected chi connectivity index (χ0v) is 8.68. The maximum Gasteiger partial charge on any atom is 0.133 e. The van der Waals surface area contributed by atoms with Gasteiger partial charge in [-0.3, -0.25) is 0 Å². The SMILES string of the molecule is COc1cccc(F)c1C(O)c1ccoc1. The van der Waals surface area contributed by atoms with E-state index >= 15 is 0 Å². The van der Waals surface area contributed by atoms with Gasteiger partial charge < -0.3 is 14.3 Å². The standard InChI is InChI=1S/C12H11FO3/c1-15-10-4-2-3-9(13)11(10)12(14)8-5-6-16-7-8/h2-7,12,14H,1H3. The fourth-order valence-corrected chi connectivity index (χ4v) is 1.56. The molecule has 3 nitrogen and oxygen atoms in total. The van der Waals surface area contributed by atoms with Gasteiger partial charge >= 0.3 is 0 Å². The molecule has 0 aliphatic carbocycles. The van der Waals surface area contributed by atoms with Gasteiger partial charge in [0, 0.05) is 5.56 Å². The topological polar surface area (TPSA) is 42.6 Å². The summed E-state index contributed by atoms with van der Waals surface area (Å²) in [4.78, 5) is 0. The smallest absolute Gasteiger partial charge is 0.133 e. The first-order valence-corrected chi connectivity index (χ1v) is 4.76. The van der Waals surface area contributed by atoms with Crippen LogP contribution in [0.1, 0.15) is 17.2 Å². The number of ether oxygens (including phenoxy) is 1. The Morgan fingerprint density at radius 1 is 1.38 bits per heavy atom. The van der Waals surface area contributed by atoms with Crippen molar-refractivity contribution in [2.24, 2.45) is 0 Å². The molecular formula is C12H11FO3. The van der Waals surface area contributed by atoms with E-state index in [1.807, 2.05) is 0 Å². The van der Waals surface area contributed by atoms with Crippen LogP contribution in [0.5, 0.6) is 5.75 Å². The minimum atomic E-state index is -1.09. The average Bonchev–Trinajstić information content (AvgIpc) is 2.81. The van der Waals surface area contributed by atoms with E-state index in [2.05, 4.69) is 0 Å². The van der Waals surface area contributed by atoms with Gasteiger partial charge in [-0.2, -0.15) is 0 Å². The van der Waals surface area contributed by atoms with Crippen LogP contribution in [-0.4, -0.2) is 12.2 Å². The van der Waals surface area contributed by atoms with Crippen LogP contribution in [-0.2, 0) is 0 Å². The highest BCUT2D eigenvalue weighted by molar-refractivity contribution is 5.40. The first-order valence-electron chi connectivity index (χ1n) is 4.76. The van der Waals surface area contributed by atoms with Crippen LogP contribution in [0.25, 0.3) is 0 Å². The summed E-state index contributed by atoms with van der Waals surface area (Å²) in [6, 6.07) is 5.99. The summed E-state index contributed by atoms with van der Waals surface area (Å²) in [7, 11) is 1.43. The van der Waals surface area contributed by atoms with Crippen molar-refractivity contribution < 1.29 is 18.7 Å². The molecule has 0 fully saturated rings. The molecule has 1 N–H and O–H groups in total. The second-order valence-electron chi connectivity index (χ2n) is 3.31. The number of aliphatic hydroxyl groups is 1. The minimum absolute atomic E-state index is 0.117. The molecule has 0 bridgehead atoms. The Labute approximate surface area is 92.1 Å². The van der Waals surface area contributed by atoms with Crippen LogP contribution >= 0.6 is 0 Å². The summed E-state index contributed by atoms with van der Waals surface area (Å²) in [5.74, 6) is -0.193. The summed E-state index contributed by atoms with van der Waals surface area (Å²) in [5, 5.41) is 9.99. The van der Waals surface area contributed by atoms with Gasteiger partial charge in [0.05, 0.1) is 25.2 Å². The Hall–Kier alpha value is -1.81. The fraction of sp³-hybridized carbons (Fsp3) is 0.167. The predicted molar refractivity (Wildman–Crippen MR) is 55.7 cm³/mol. The van der Waals surface area contributed by atoms with Gasteiger partial charge in [0.25, 0.3) is 0 Å². The number of hydrogen-bond acceptors (Lipinski definition) is 3. The molecular weight excluding hydrogens is 211 g/mol. The third-order valence-corrected chi connectivity index (χ3v) is 2.37. The van der Waals surface area contributed by atoms with Crippen LogP contribution in [0.4, 0.5) is 4.39 Å². The van der Waals surface area contributed by atoms with Crippen molar-refractivity contribution in [1.82, 2.24) is 0 Å². The van der Waals surface area contributed by atoms with Crippen molar-refractivity contribution in [1.29, 1.82) is 0 Å². The molecule has 0 radical (unpaired) electrons. The van der Waals surface area contributed by atoms with Crippen LogP contribution in [0.3, 0.4) is 0 Å². The number of halogens is 1. The molecule has 0 saturated carbocycles. The molecule has 84 valence electrons. The van der Waals surface area contributed by atoms with E-state index in [0.717, 1.165) is 0 Å². The maximum absolute atomic E-state index is 13.6. The molecule has 0 saturated heterocycles. The largest absolute Gasteiger partial charge is 0.496 e. The monoisotopic (exact) mass is 222 g/mol. The summed E-state index contributed by atoms with van der Waals surface area (Å²) in [6.45, 7) is 0. The van der Waals surface area contributed by atoms with E-state index < -0.39 is 11.9 Å². The Morgan fingerprint density at radius 2 is 2.19 bits per heavy atom. The summed E-state index contributed by atoms with van der Waals surface area (Å²) >= 11 is 0. The summed E-state index contributed by atoms with van der Waals surface area (Å²) < 4.78 is 23.5. The lowest BCUT2D eigenvalue weighted by Crippen LogP contribution is -2.04. The fourth-order valence-electron chi connectivity index (χ4n) is 1.56. The summed E-state index contributed by atoms with van der Waals surface area (Å²) in [5.41, 5.74) is 0.606. The molecule has 1 atom stereocenters. The lowest BCUT2D eigenvalue weighted by Gasteiger charge is -2.14. The number of furan rings is 1. The Kier molecular flexibility index (Phi) is 2.92. The van der Waals surface area contributed by atoms with E-state index in [0.29, 0.717) is 11.3 Å². The Balaban J connectivity index is 2.47. The van der Waals surface area contributed by atoms with Crippen molar-refractivity contribution in [2.75, 3.05) is 7.11 Å². The van der Waals surface area contributed by atoms with Crippen LogP contribution < -0.4 is 4.74 Å². The molecule has 1 aromatic carbocycles. The van der Waals surface area contributed by atoms with Crippen molar-refractivity contribution in [2.45, 2.75) is 6.10 Å². The highest BCUT2D eigenvalue weighted by Gasteiger charge is 2.20. The zero-order valence-electron chi connectivity index (χ0n) is 8.68.